The molecule has 61 heavy (non-hydrogen) atoms. The molecule has 3 aromatic heterocycles. The highest BCUT2D eigenvalue weighted by Crippen LogP contribution is 2.49. The number of nitrogens with zero attached hydrogens (tertiary/aromatic N) is 6. The first-order chi connectivity index (χ1) is 29.7. The number of carboxylic acids is 1. The van der Waals surface area contributed by atoms with Crippen LogP contribution in [0.4, 0.5) is 4.39 Å². The maximum atomic E-state index is 14.2. The van der Waals surface area contributed by atoms with Crippen molar-refractivity contribution in [3.63, 3.8) is 0 Å². The first-order valence-electron chi connectivity index (χ1n) is 20.3. The summed E-state index contributed by atoms with van der Waals surface area (Å²) in [6.07, 6.45) is 2.73. The zero-order chi connectivity index (χ0) is 42.0. The molecule has 1 N–H and O–H groups in total. The van der Waals surface area contributed by atoms with Crippen molar-refractivity contribution in [3.05, 3.63) is 107 Å². The molecule has 3 aromatic carbocycles. The molecule has 0 amide bonds. The van der Waals surface area contributed by atoms with E-state index in [0.29, 0.717) is 68.3 Å². The van der Waals surface area contributed by atoms with Crippen molar-refractivity contribution in [1.29, 1.82) is 0 Å². The Hall–Kier alpha value is -5.45. The minimum atomic E-state index is -1.42. The number of thiophene rings is 1. The smallest absolute Gasteiger partial charge is 0.345 e. The number of aliphatic carboxylic acids is 1. The fourth-order valence-electron chi connectivity index (χ4n) is 7.93. The molecule has 10 rings (SSSR count). The third kappa shape index (κ3) is 8.98. The largest absolute Gasteiger partial charge is 0.490 e. The molecule has 0 spiro atoms. The summed E-state index contributed by atoms with van der Waals surface area (Å²) in [4.78, 5) is 37.4. The normalized spacial score (nSPS) is 19.8. The minimum absolute atomic E-state index is 0.0712. The van der Waals surface area contributed by atoms with Crippen LogP contribution >= 0.6 is 22.9 Å². The third-order valence-corrected chi connectivity index (χ3v) is 12.9. The van der Waals surface area contributed by atoms with E-state index in [2.05, 4.69) is 31.8 Å². The van der Waals surface area contributed by atoms with Crippen LogP contribution < -0.4 is 18.9 Å². The SMILES string of the molecule is Cc1c2ccc(c1Cl)O[C@H](CN1CCN(C)CC1)COc1ccc(OCc3ccnc(C4CCCO4)n3)c(c1)C[C@H](C(=O)O)Oc1ncnc3sc(-c4ccc(F)cc4)c-2c13. The number of hydrogen-bond acceptors (Lipinski definition) is 13. The van der Waals surface area contributed by atoms with Gasteiger partial charge < -0.3 is 33.7 Å². The Labute approximate surface area is 361 Å². The minimum Gasteiger partial charge on any atom is -0.490 e. The zero-order valence-electron chi connectivity index (χ0n) is 33.7. The van der Waals surface area contributed by atoms with Gasteiger partial charge >= 0.3 is 5.97 Å². The fraction of sp³-hybridized carbons (Fsp3) is 0.356. The van der Waals surface area contributed by atoms with Crippen LogP contribution in [0, 0.1) is 12.7 Å². The summed E-state index contributed by atoms with van der Waals surface area (Å²) in [5.41, 5.74) is 4.05. The maximum Gasteiger partial charge on any atom is 0.345 e. The molecule has 7 heterocycles. The van der Waals surface area contributed by atoms with E-state index in [1.54, 1.807) is 42.6 Å². The third-order valence-electron chi connectivity index (χ3n) is 11.3. The van der Waals surface area contributed by atoms with Gasteiger partial charge in [0.1, 0.15) is 59.6 Å². The van der Waals surface area contributed by atoms with Crippen molar-refractivity contribution in [2.24, 2.45) is 0 Å². The molecule has 4 bridgehead atoms. The van der Waals surface area contributed by atoms with E-state index in [4.69, 9.17) is 40.3 Å². The molecule has 0 aliphatic carbocycles. The van der Waals surface area contributed by atoms with Crippen molar-refractivity contribution >= 4 is 39.1 Å². The second-order valence-electron chi connectivity index (χ2n) is 15.5. The van der Waals surface area contributed by atoms with Crippen LogP contribution in [0.25, 0.3) is 31.8 Å². The molecule has 0 radical (unpaired) electrons. The van der Waals surface area contributed by atoms with Gasteiger partial charge in [0.15, 0.2) is 5.82 Å². The molecule has 4 aliphatic heterocycles. The second-order valence-corrected chi connectivity index (χ2v) is 16.9. The van der Waals surface area contributed by atoms with Gasteiger partial charge in [0.2, 0.25) is 12.0 Å². The number of piperazine rings is 1. The molecule has 1 unspecified atom stereocenters. The lowest BCUT2D eigenvalue weighted by Crippen LogP contribution is -2.49. The van der Waals surface area contributed by atoms with Crippen LogP contribution in [-0.2, 0) is 22.6 Å². The van der Waals surface area contributed by atoms with Gasteiger partial charge in [0, 0.05) is 68.0 Å². The summed E-state index contributed by atoms with van der Waals surface area (Å²) in [6.45, 7) is 7.05. The van der Waals surface area contributed by atoms with Gasteiger partial charge in [-0.05, 0) is 86.0 Å². The number of aromatic nitrogens is 4. The van der Waals surface area contributed by atoms with Crippen LogP contribution in [-0.4, -0.2) is 106 Å². The van der Waals surface area contributed by atoms with E-state index < -0.39 is 18.2 Å². The van der Waals surface area contributed by atoms with E-state index in [0.717, 1.165) is 60.6 Å². The first kappa shape index (κ1) is 40.9. The number of carboxylic acid groups (broad SMARTS) is 1. The van der Waals surface area contributed by atoms with Crippen molar-refractivity contribution in [2.75, 3.05) is 53.0 Å². The van der Waals surface area contributed by atoms with Crippen molar-refractivity contribution < 1.29 is 38.0 Å². The summed E-state index contributed by atoms with van der Waals surface area (Å²) in [6, 6.07) is 17.1. The van der Waals surface area contributed by atoms with Crippen LogP contribution in [0.1, 0.15) is 41.6 Å². The highest BCUT2D eigenvalue weighted by molar-refractivity contribution is 7.22. The summed E-state index contributed by atoms with van der Waals surface area (Å²) in [5, 5.41) is 11.7. The Kier molecular flexibility index (Phi) is 12.0. The molecule has 0 saturated carbocycles. The average molecular weight is 867 g/mol. The van der Waals surface area contributed by atoms with E-state index >= 15 is 0 Å². The molecule has 2 fully saturated rings. The van der Waals surface area contributed by atoms with Crippen molar-refractivity contribution in [2.45, 2.75) is 51.1 Å². The molecule has 316 valence electrons. The summed E-state index contributed by atoms with van der Waals surface area (Å²) in [5.74, 6) is 0.522. The Morgan fingerprint density at radius 1 is 1.03 bits per heavy atom. The molecular formula is C45H44ClFN6O7S. The fourth-order valence-corrected chi connectivity index (χ4v) is 9.29. The van der Waals surface area contributed by atoms with Crippen LogP contribution in [0.3, 0.4) is 0 Å². The number of halogens is 2. The van der Waals surface area contributed by atoms with Crippen LogP contribution in [0.5, 0.6) is 23.1 Å². The van der Waals surface area contributed by atoms with E-state index in [9.17, 15) is 14.3 Å². The number of ether oxygens (including phenoxy) is 5. The summed E-state index contributed by atoms with van der Waals surface area (Å²) < 4.78 is 46.1. The second kappa shape index (κ2) is 17.9. The Morgan fingerprint density at radius 3 is 2.66 bits per heavy atom. The van der Waals surface area contributed by atoms with Crippen LogP contribution in [0.15, 0.2) is 73.2 Å². The highest BCUT2D eigenvalue weighted by atomic mass is 35.5. The molecule has 4 aliphatic rings. The Bertz CT molecular complexity index is 2550. The number of carbonyl (C=O) groups is 1. The zero-order valence-corrected chi connectivity index (χ0v) is 35.3. The number of fused-ring (bicyclic) bond motifs is 7. The lowest BCUT2D eigenvalue weighted by Gasteiger charge is -2.34. The molecule has 13 nitrogen and oxygen atoms in total. The topological polar surface area (TPSA) is 141 Å². The first-order valence-corrected chi connectivity index (χ1v) is 21.5. The Morgan fingerprint density at radius 2 is 1.87 bits per heavy atom. The molecule has 3 atom stereocenters. The predicted molar refractivity (Wildman–Crippen MR) is 228 cm³/mol. The number of hydrogen-bond donors (Lipinski definition) is 1. The molecule has 16 heteroatoms. The summed E-state index contributed by atoms with van der Waals surface area (Å²) >= 11 is 8.58. The van der Waals surface area contributed by atoms with Gasteiger partial charge in [-0.25, -0.2) is 29.1 Å². The molecule has 6 aromatic rings. The van der Waals surface area contributed by atoms with Gasteiger partial charge in [-0.15, -0.1) is 11.3 Å². The molecular weight excluding hydrogens is 823 g/mol. The molecule has 2 saturated heterocycles. The average Bonchev–Trinajstić information content (AvgIpc) is 3.95. The Balaban J connectivity index is 1.14. The predicted octanol–water partition coefficient (Wildman–Crippen LogP) is 7.81. The lowest BCUT2D eigenvalue weighted by atomic mass is 9.96. The van der Waals surface area contributed by atoms with E-state index in [1.165, 1.54) is 29.8 Å². The quantitative estimate of drug-likeness (QED) is 0.159. The number of rotatable bonds is 8. The standard InChI is InChI=1S/C45H44ClFN6O7S/c1-26-33-10-12-35(40(26)46)59-32(22-53-17-15-52(2)16-18-53)24-57-31-9-11-34(58-23-30-13-14-48-42(51-30)36-4-3-19-56-36)28(20-31)21-37(45(54)55)60-43-39-38(33)41(61-44(39)50-25-49-43)27-5-7-29(47)8-6-27/h5-14,20,25,32,36-37H,3-4,15-19,21-24H2,1-2H3,(H,54,55)/t32-,36?,37-/m1/s1. The number of benzene rings is 3. The number of likely N-dealkylation sites (N-methyl/N-ethyl adjacent to an activating group) is 1. The van der Waals surface area contributed by atoms with E-state index in [-0.39, 0.29) is 37.4 Å². The lowest BCUT2D eigenvalue weighted by molar-refractivity contribution is -0.145. The monoisotopic (exact) mass is 866 g/mol. The van der Waals surface area contributed by atoms with Gasteiger partial charge in [0.05, 0.1) is 16.1 Å². The van der Waals surface area contributed by atoms with Gasteiger partial charge in [-0.1, -0.05) is 29.8 Å². The van der Waals surface area contributed by atoms with Gasteiger partial charge in [0.25, 0.3) is 0 Å². The van der Waals surface area contributed by atoms with Crippen molar-refractivity contribution in [3.8, 4) is 44.7 Å². The maximum absolute atomic E-state index is 14.2. The van der Waals surface area contributed by atoms with Gasteiger partial charge in [-0.3, -0.25) is 4.90 Å². The highest BCUT2D eigenvalue weighted by Gasteiger charge is 2.30. The van der Waals surface area contributed by atoms with E-state index in [1.807, 2.05) is 19.1 Å². The van der Waals surface area contributed by atoms with Gasteiger partial charge in [-0.2, -0.15) is 0 Å². The summed E-state index contributed by atoms with van der Waals surface area (Å²) in [7, 11) is 2.12. The van der Waals surface area contributed by atoms with Crippen molar-refractivity contribution in [1.82, 2.24) is 29.7 Å². The van der Waals surface area contributed by atoms with Crippen LogP contribution in [0.2, 0.25) is 5.02 Å².